The van der Waals surface area contributed by atoms with Crippen molar-refractivity contribution in [1.29, 1.82) is 0 Å². The molecule has 0 spiro atoms. The molecule has 34 heavy (non-hydrogen) atoms. The third kappa shape index (κ3) is 5.89. The summed E-state index contributed by atoms with van der Waals surface area (Å²) in [7, 11) is -7.55. The van der Waals surface area contributed by atoms with Gasteiger partial charge < -0.3 is 35.6 Å². The molecule has 2 aromatic heterocycles. The summed E-state index contributed by atoms with van der Waals surface area (Å²) in [5, 5.41) is 13.4. The number of H-pyrrole nitrogens is 1. The van der Waals surface area contributed by atoms with Gasteiger partial charge in [0, 0.05) is 19.4 Å². The highest BCUT2D eigenvalue weighted by Gasteiger charge is 2.48. The number of nitrogens with one attached hydrogen (secondary N) is 2. The number of nitrogens with two attached hydrogens (primary N) is 1. The second-order valence-electron chi connectivity index (χ2n) is 7.52. The molecule has 1 aliphatic heterocycles. The molecule has 19 heteroatoms. The SMILES string of the molecule is CNC(=O)CC[C@H]1[C@@H](O)[C@H]([n+]2cn(C)c3c(=O)[nH]c(N)nc32)O[C@@H]1COP(=O)(O)OP(=O)(O)O. The number of imidazole rings is 1. The second-order valence-corrected chi connectivity index (χ2v) is 10.4. The average Bonchev–Trinajstić information content (AvgIpc) is 3.19. The Morgan fingerprint density at radius 3 is 2.71 bits per heavy atom. The molecule has 0 saturated carbocycles. The van der Waals surface area contributed by atoms with E-state index in [1.54, 1.807) is 7.05 Å². The molecule has 0 radical (unpaired) electrons. The Morgan fingerprint density at radius 2 is 2.09 bits per heavy atom. The molecule has 0 bridgehead atoms. The van der Waals surface area contributed by atoms with Crippen molar-refractivity contribution in [3.63, 3.8) is 0 Å². The van der Waals surface area contributed by atoms with Gasteiger partial charge in [0.05, 0.1) is 19.8 Å². The molecule has 2 aromatic rings. The first kappa shape index (κ1) is 26.4. The number of carbonyl (C=O) groups is 1. The van der Waals surface area contributed by atoms with Gasteiger partial charge in [-0.1, -0.05) is 4.98 Å². The Kier molecular flexibility index (Phi) is 7.62. The smallest absolute Gasteiger partial charge is 0.386 e. The molecular weight excluding hydrogens is 502 g/mol. The number of aromatic nitrogens is 4. The topological polar surface area (TPSA) is 252 Å². The predicted octanol–water partition coefficient (Wildman–Crippen LogP) is -2.24. The van der Waals surface area contributed by atoms with Crippen LogP contribution in [-0.2, 0) is 34.5 Å². The predicted molar refractivity (Wildman–Crippen MR) is 112 cm³/mol. The number of rotatable bonds is 9. The zero-order chi connectivity index (χ0) is 25.4. The van der Waals surface area contributed by atoms with Crippen LogP contribution in [0.1, 0.15) is 19.1 Å². The third-order valence-corrected chi connectivity index (χ3v) is 7.33. The molecule has 5 atom stereocenters. The van der Waals surface area contributed by atoms with Gasteiger partial charge in [0.2, 0.25) is 17.7 Å². The van der Waals surface area contributed by atoms with E-state index in [-0.39, 0.29) is 35.9 Å². The minimum absolute atomic E-state index is 0.0361. The molecule has 0 aromatic carbocycles. The van der Waals surface area contributed by atoms with Gasteiger partial charge in [-0.15, -0.1) is 0 Å². The third-order valence-electron chi connectivity index (χ3n) is 5.18. The molecule has 190 valence electrons. The maximum atomic E-state index is 12.3. The fourth-order valence-corrected chi connectivity index (χ4v) is 5.34. The lowest BCUT2D eigenvalue weighted by Gasteiger charge is -2.20. The summed E-state index contributed by atoms with van der Waals surface area (Å²) in [5.74, 6) is -1.36. The van der Waals surface area contributed by atoms with Crippen LogP contribution >= 0.6 is 15.6 Å². The Labute approximate surface area is 191 Å². The number of fused-ring (bicyclic) bond motifs is 1. The second kappa shape index (κ2) is 9.81. The number of hydrogen-bond acceptors (Lipinski definition) is 10. The standard InChI is InChI=1S/C15H24N6O11P2/c1-17-9(22)4-3-7-8(5-30-34(28,29)32-33(25,26)27)31-14(11(7)23)21-6-20(2)10-12(21)18-15(16)19-13(10)24/h6-8,11,14,23H,3-5H2,1-2H3,(H6-,16,17,18,19,22,24,25,26,27,28,29)/p+1/t7-,8-,11-,14-/m1/s1. The first-order valence-electron chi connectivity index (χ1n) is 9.76. The molecule has 3 rings (SSSR count). The quantitative estimate of drug-likeness (QED) is 0.135. The van der Waals surface area contributed by atoms with Gasteiger partial charge in [-0.2, -0.15) is 4.31 Å². The molecule has 3 heterocycles. The number of aryl methyl sites for hydroxylation is 1. The number of aromatic amines is 1. The number of nitrogen functional groups attached to an aromatic ring is 1. The van der Waals surface area contributed by atoms with E-state index in [0.717, 1.165) is 0 Å². The van der Waals surface area contributed by atoms with Crippen molar-refractivity contribution in [3.8, 4) is 0 Å². The van der Waals surface area contributed by atoms with Crippen LogP contribution in [0.2, 0.25) is 0 Å². The van der Waals surface area contributed by atoms with Crippen LogP contribution < -0.4 is 21.2 Å². The van der Waals surface area contributed by atoms with Crippen molar-refractivity contribution in [1.82, 2.24) is 19.9 Å². The monoisotopic (exact) mass is 527 g/mol. The van der Waals surface area contributed by atoms with Gasteiger partial charge in [-0.05, 0) is 6.42 Å². The number of carbonyl (C=O) groups excluding carboxylic acids is 1. The van der Waals surface area contributed by atoms with Crippen molar-refractivity contribution in [2.45, 2.75) is 31.3 Å². The van der Waals surface area contributed by atoms with Gasteiger partial charge in [0.25, 0.3) is 11.5 Å². The largest absolute Gasteiger partial charge is 0.481 e. The number of anilines is 1. The van der Waals surface area contributed by atoms with Gasteiger partial charge in [0.15, 0.2) is 6.33 Å². The minimum atomic E-state index is -5.34. The molecule has 17 nitrogen and oxygen atoms in total. The summed E-state index contributed by atoms with van der Waals surface area (Å²) in [6, 6.07) is 0. The number of phosphoric acid groups is 2. The summed E-state index contributed by atoms with van der Waals surface area (Å²) in [6.07, 6.45) is -2.16. The van der Waals surface area contributed by atoms with E-state index in [2.05, 4.69) is 24.1 Å². The van der Waals surface area contributed by atoms with E-state index in [1.165, 1.54) is 22.5 Å². The number of amides is 1. The lowest BCUT2D eigenvalue weighted by atomic mass is 9.93. The average molecular weight is 527 g/mol. The van der Waals surface area contributed by atoms with Crippen LogP contribution in [0.4, 0.5) is 5.95 Å². The Bertz CT molecular complexity index is 1230. The highest BCUT2D eigenvalue weighted by Crippen LogP contribution is 2.57. The summed E-state index contributed by atoms with van der Waals surface area (Å²) in [6.45, 7) is -0.721. The molecular formula is C15H25N6O11P2+. The summed E-state index contributed by atoms with van der Waals surface area (Å²) in [4.78, 5) is 57.6. The van der Waals surface area contributed by atoms with Crippen LogP contribution in [-0.4, -0.2) is 66.1 Å². The van der Waals surface area contributed by atoms with E-state index in [0.29, 0.717) is 0 Å². The summed E-state index contributed by atoms with van der Waals surface area (Å²) >= 11 is 0. The van der Waals surface area contributed by atoms with Crippen LogP contribution in [0.15, 0.2) is 11.1 Å². The Morgan fingerprint density at radius 1 is 1.41 bits per heavy atom. The lowest BCUT2D eigenvalue weighted by molar-refractivity contribution is -0.745. The van der Waals surface area contributed by atoms with Crippen LogP contribution in [0.3, 0.4) is 0 Å². The number of nitrogens with zero attached hydrogens (tertiary/aromatic N) is 3. The van der Waals surface area contributed by atoms with E-state index >= 15 is 0 Å². The van der Waals surface area contributed by atoms with Gasteiger partial charge >= 0.3 is 21.3 Å². The van der Waals surface area contributed by atoms with Crippen molar-refractivity contribution in [2.24, 2.45) is 13.0 Å². The zero-order valence-electron chi connectivity index (χ0n) is 18.0. The number of ether oxygens (including phenoxy) is 1. The Balaban J connectivity index is 1.91. The number of hydrogen-bond donors (Lipinski definition) is 7. The van der Waals surface area contributed by atoms with Gasteiger partial charge in [-0.3, -0.25) is 23.7 Å². The molecule has 1 fully saturated rings. The summed E-state index contributed by atoms with van der Waals surface area (Å²) < 4.78 is 39.8. The molecule has 1 saturated heterocycles. The van der Waals surface area contributed by atoms with Crippen molar-refractivity contribution in [2.75, 3.05) is 19.4 Å². The maximum absolute atomic E-state index is 12.3. The normalized spacial score (nSPS) is 24.9. The first-order valence-corrected chi connectivity index (χ1v) is 12.8. The van der Waals surface area contributed by atoms with Crippen LogP contribution in [0.25, 0.3) is 11.2 Å². The highest BCUT2D eigenvalue weighted by atomic mass is 31.3. The number of aliphatic hydroxyl groups excluding tert-OH is 1. The van der Waals surface area contributed by atoms with Crippen LogP contribution in [0.5, 0.6) is 0 Å². The molecule has 0 aliphatic carbocycles. The molecule has 1 unspecified atom stereocenters. The van der Waals surface area contributed by atoms with E-state index in [1.807, 2.05) is 0 Å². The van der Waals surface area contributed by atoms with Crippen LogP contribution in [0, 0.1) is 5.92 Å². The summed E-state index contributed by atoms with van der Waals surface area (Å²) in [5.41, 5.74) is 5.31. The van der Waals surface area contributed by atoms with Crippen molar-refractivity contribution < 1.29 is 51.8 Å². The minimum Gasteiger partial charge on any atom is -0.386 e. The molecule has 1 amide bonds. The van der Waals surface area contributed by atoms with Gasteiger partial charge in [-0.25, -0.2) is 13.7 Å². The lowest BCUT2D eigenvalue weighted by Crippen LogP contribution is -2.45. The fourth-order valence-electron chi connectivity index (χ4n) is 3.75. The number of phosphoric ester groups is 1. The number of aliphatic hydroxyl groups is 1. The van der Waals surface area contributed by atoms with Gasteiger partial charge in [0.1, 0.15) is 6.10 Å². The highest BCUT2D eigenvalue weighted by molar-refractivity contribution is 7.60. The van der Waals surface area contributed by atoms with E-state index in [9.17, 15) is 28.7 Å². The zero-order valence-corrected chi connectivity index (χ0v) is 19.8. The first-order chi connectivity index (χ1) is 15.7. The fraction of sp³-hybridized carbons (Fsp3) is 0.600. The van der Waals surface area contributed by atoms with Crippen molar-refractivity contribution >= 4 is 38.7 Å². The van der Waals surface area contributed by atoms with E-state index in [4.69, 9.17) is 20.3 Å². The van der Waals surface area contributed by atoms with E-state index < -0.39 is 52.2 Å². The Hall–Kier alpha value is -2.20. The molecule has 1 aliphatic rings. The maximum Gasteiger partial charge on any atom is 0.481 e. The molecule has 8 N–H and O–H groups in total. The van der Waals surface area contributed by atoms with Crippen molar-refractivity contribution in [3.05, 3.63) is 16.7 Å².